The Morgan fingerprint density at radius 1 is 1.14 bits per heavy atom. The molecule has 4 aromatic rings. The first kappa shape index (κ1) is 18.9. The van der Waals surface area contributed by atoms with Crippen LogP contribution in [0.4, 0.5) is 0 Å². The molecule has 0 fully saturated rings. The Hall–Kier alpha value is -3.41. The molecule has 0 aliphatic heterocycles. The zero-order valence-corrected chi connectivity index (χ0v) is 16.5. The quantitative estimate of drug-likeness (QED) is 0.500. The monoisotopic (exact) mass is 389 g/mol. The molecule has 0 saturated carbocycles. The number of benzene rings is 2. The number of fused-ring (bicyclic) bond motifs is 3. The summed E-state index contributed by atoms with van der Waals surface area (Å²) in [6.45, 7) is 4.49. The van der Waals surface area contributed by atoms with Gasteiger partial charge in [-0.1, -0.05) is 49.4 Å². The average Bonchev–Trinajstić information content (AvgIpc) is 3.13. The van der Waals surface area contributed by atoms with Gasteiger partial charge in [-0.2, -0.15) is 0 Å². The van der Waals surface area contributed by atoms with E-state index in [0.29, 0.717) is 17.6 Å². The van der Waals surface area contributed by atoms with Gasteiger partial charge in [-0.3, -0.25) is 14.2 Å². The molecule has 0 spiro atoms. The summed E-state index contributed by atoms with van der Waals surface area (Å²) in [7, 11) is 0. The van der Waals surface area contributed by atoms with Gasteiger partial charge in [-0.15, -0.1) is 0 Å². The normalized spacial score (nSPS) is 12.3. The molecule has 0 saturated heterocycles. The molecule has 6 heteroatoms. The Kier molecular flexibility index (Phi) is 5.16. The molecule has 0 radical (unpaired) electrons. The molecule has 1 unspecified atom stereocenters. The maximum Gasteiger partial charge on any atom is 0.297 e. The van der Waals surface area contributed by atoms with E-state index in [1.807, 2.05) is 67.3 Å². The SMILES string of the molecule is CCC(C)N(Cc1ccccc1)C(=O)Cn1cnc2c(oc3ccccc32)c1=O. The smallest absolute Gasteiger partial charge is 0.297 e. The summed E-state index contributed by atoms with van der Waals surface area (Å²) >= 11 is 0. The summed E-state index contributed by atoms with van der Waals surface area (Å²) in [5.41, 5.74) is 2.03. The van der Waals surface area contributed by atoms with Crippen molar-refractivity contribution in [2.75, 3.05) is 0 Å². The zero-order chi connectivity index (χ0) is 20.4. The summed E-state index contributed by atoms with van der Waals surface area (Å²) < 4.78 is 7.04. The lowest BCUT2D eigenvalue weighted by atomic mass is 10.1. The van der Waals surface area contributed by atoms with Crippen molar-refractivity contribution in [3.63, 3.8) is 0 Å². The van der Waals surface area contributed by atoms with Gasteiger partial charge in [0, 0.05) is 18.0 Å². The van der Waals surface area contributed by atoms with Gasteiger partial charge in [0.1, 0.15) is 17.6 Å². The molecule has 2 aromatic carbocycles. The van der Waals surface area contributed by atoms with Crippen LogP contribution in [0.3, 0.4) is 0 Å². The number of carbonyl (C=O) groups excluding carboxylic acids is 1. The predicted octanol–water partition coefficient (Wildman–Crippen LogP) is 3.97. The number of nitrogens with zero attached hydrogens (tertiary/aromatic N) is 3. The van der Waals surface area contributed by atoms with Crippen molar-refractivity contribution in [1.82, 2.24) is 14.5 Å². The van der Waals surface area contributed by atoms with E-state index in [0.717, 1.165) is 17.4 Å². The van der Waals surface area contributed by atoms with Crippen LogP contribution in [-0.2, 0) is 17.9 Å². The van der Waals surface area contributed by atoms with Crippen LogP contribution in [0.2, 0.25) is 0 Å². The summed E-state index contributed by atoms with van der Waals surface area (Å²) in [6.07, 6.45) is 2.26. The Balaban J connectivity index is 1.65. The van der Waals surface area contributed by atoms with Crippen LogP contribution in [0.25, 0.3) is 22.1 Å². The number of furan rings is 1. The van der Waals surface area contributed by atoms with Gasteiger partial charge in [0.05, 0.1) is 6.33 Å². The van der Waals surface area contributed by atoms with E-state index in [1.54, 1.807) is 6.07 Å². The molecule has 6 nitrogen and oxygen atoms in total. The maximum absolute atomic E-state index is 13.1. The third kappa shape index (κ3) is 3.66. The molecule has 29 heavy (non-hydrogen) atoms. The molecule has 0 bridgehead atoms. The van der Waals surface area contributed by atoms with Crippen molar-refractivity contribution < 1.29 is 9.21 Å². The highest BCUT2D eigenvalue weighted by molar-refractivity contribution is 6.01. The number of amides is 1. The minimum atomic E-state index is -0.344. The first-order chi connectivity index (χ1) is 14.1. The topological polar surface area (TPSA) is 68.3 Å². The van der Waals surface area contributed by atoms with E-state index in [9.17, 15) is 9.59 Å². The Morgan fingerprint density at radius 3 is 2.62 bits per heavy atom. The van der Waals surface area contributed by atoms with Crippen molar-refractivity contribution >= 4 is 28.0 Å². The van der Waals surface area contributed by atoms with E-state index in [1.165, 1.54) is 10.9 Å². The minimum absolute atomic E-state index is 0.0568. The van der Waals surface area contributed by atoms with Gasteiger partial charge >= 0.3 is 0 Å². The van der Waals surface area contributed by atoms with Crippen molar-refractivity contribution in [2.45, 2.75) is 39.4 Å². The minimum Gasteiger partial charge on any atom is -0.448 e. The summed E-state index contributed by atoms with van der Waals surface area (Å²) in [6, 6.07) is 17.3. The molecule has 0 aliphatic carbocycles. The van der Waals surface area contributed by atoms with Gasteiger partial charge in [0.15, 0.2) is 0 Å². The Bertz CT molecular complexity index is 1210. The zero-order valence-electron chi connectivity index (χ0n) is 16.5. The fraction of sp³-hybridized carbons (Fsp3) is 0.261. The third-order valence-electron chi connectivity index (χ3n) is 5.30. The molecule has 148 valence electrons. The van der Waals surface area contributed by atoms with Crippen molar-refractivity contribution in [3.8, 4) is 0 Å². The molecule has 4 rings (SSSR count). The fourth-order valence-electron chi connectivity index (χ4n) is 3.45. The van der Waals surface area contributed by atoms with Gasteiger partial charge in [0.2, 0.25) is 11.5 Å². The summed E-state index contributed by atoms with van der Waals surface area (Å²) in [5.74, 6) is -0.123. The number of hydrogen-bond donors (Lipinski definition) is 0. The van der Waals surface area contributed by atoms with Gasteiger partial charge < -0.3 is 9.32 Å². The maximum atomic E-state index is 13.1. The number of para-hydroxylation sites is 1. The Morgan fingerprint density at radius 2 is 1.86 bits per heavy atom. The van der Waals surface area contributed by atoms with E-state index in [2.05, 4.69) is 4.98 Å². The highest BCUT2D eigenvalue weighted by Gasteiger charge is 2.21. The molecular weight excluding hydrogens is 366 g/mol. The number of aromatic nitrogens is 2. The summed E-state index contributed by atoms with van der Waals surface area (Å²) in [4.78, 5) is 32.2. The van der Waals surface area contributed by atoms with Crippen molar-refractivity contribution in [1.29, 1.82) is 0 Å². The second-order valence-electron chi connectivity index (χ2n) is 7.22. The van der Waals surface area contributed by atoms with Gasteiger partial charge in [-0.05, 0) is 31.0 Å². The lowest BCUT2D eigenvalue weighted by Crippen LogP contribution is -2.41. The molecular formula is C23H23N3O3. The van der Waals surface area contributed by atoms with E-state index >= 15 is 0 Å². The third-order valence-corrected chi connectivity index (χ3v) is 5.30. The highest BCUT2D eigenvalue weighted by atomic mass is 16.3. The van der Waals surface area contributed by atoms with Crippen LogP contribution in [0, 0.1) is 0 Å². The van der Waals surface area contributed by atoms with Crippen LogP contribution in [0.5, 0.6) is 0 Å². The highest BCUT2D eigenvalue weighted by Crippen LogP contribution is 2.24. The van der Waals surface area contributed by atoms with E-state index < -0.39 is 0 Å². The largest absolute Gasteiger partial charge is 0.448 e. The van der Waals surface area contributed by atoms with Crippen molar-refractivity contribution in [3.05, 3.63) is 76.8 Å². The van der Waals surface area contributed by atoms with Crippen molar-refractivity contribution in [2.24, 2.45) is 0 Å². The lowest BCUT2D eigenvalue weighted by Gasteiger charge is -2.29. The molecule has 1 amide bonds. The molecule has 2 aromatic heterocycles. The molecule has 2 heterocycles. The number of carbonyl (C=O) groups is 1. The second-order valence-corrected chi connectivity index (χ2v) is 7.22. The van der Waals surface area contributed by atoms with Gasteiger partial charge in [0.25, 0.3) is 5.56 Å². The second kappa shape index (κ2) is 7.91. The van der Waals surface area contributed by atoms with Gasteiger partial charge in [-0.25, -0.2) is 4.98 Å². The fourth-order valence-corrected chi connectivity index (χ4v) is 3.45. The predicted molar refractivity (Wildman–Crippen MR) is 113 cm³/mol. The molecule has 1 atom stereocenters. The Labute approximate surface area is 168 Å². The van der Waals surface area contributed by atoms with Crippen LogP contribution >= 0.6 is 0 Å². The van der Waals surface area contributed by atoms with Crippen LogP contribution in [0.1, 0.15) is 25.8 Å². The standard InChI is InChI=1S/C23H23N3O3/c1-3-16(2)26(13-17-9-5-4-6-10-17)20(27)14-25-15-24-21-18-11-7-8-12-19(18)29-22(21)23(25)28/h4-12,15-16H,3,13-14H2,1-2H3. The molecule has 0 aliphatic rings. The van der Waals surface area contributed by atoms with Crippen LogP contribution < -0.4 is 5.56 Å². The average molecular weight is 389 g/mol. The van der Waals surface area contributed by atoms with Crippen LogP contribution in [0.15, 0.2) is 70.1 Å². The lowest BCUT2D eigenvalue weighted by molar-refractivity contribution is -0.134. The molecule has 0 N–H and O–H groups in total. The first-order valence-electron chi connectivity index (χ1n) is 9.78. The first-order valence-corrected chi connectivity index (χ1v) is 9.78. The summed E-state index contributed by atoms with van der Waals surface area (Å²) in [5, 5.41) is 0.795. The van der Waals surface area contributed by atoms with E-state index in [-0.39, 0.29) is 29.6 Å². The van der Waals surface area contributed by atoms with Crippen LogP contribution in [-0.4, -0.2) is 26.4 Å². The van der Waals surface area contributed by atoms with E-state index in [4.69, 9.17) is 4.42 Å². The number of hydrogen-bond acceptors (Lipinski definition) is 4. The number of rotatable bonds is 6.